The van der Waals surface area contributed by atoms with Crippen LogP contribution in [0.15, 0.2) is 48.5 Å². The highest BCUT2D eigenvalue weighted by atomic mass is 79.9. The molecule has 0 aliphatic heterocycles. The van der Waals surface area contributed by atoms with Gasteiger partial charge in [-0.1, -0.05) is 68.3 Å². The van der Waals surface area contributed by atoms with Gasteiger partial charge in [0.05, 0.1) is 0 Å². The van der Waals surface area contributed by atoms with Gasteiger partial charge in [-0.15, -0.1) is 0 Å². The number of rotatable bonds is 6. The Kier molecular flexibility index (Phi) is 6.00. The van der Waals surface area contributed by atoms with E-state index in [0.29, 0.717) is 0 Å². The van der Waals surface area contributed by atoms with Gasteiger partial charge in [0.2, 0.25) is 0 Å². The zero-order valence-electron chi connectivity index (χ0n) is 12.1. The molecule has 0 spiro atoms. The SMILES string of the molecule is Cc1ccc(F)cc1CC(CBr)(CBr)Cc1ccccc1. The molecule has 0 aliphatic rings. The van der Waals surface area contributed by atoms with Crippen molar-refractivity contribution < 1.29 is 4.39 Å². The van der Waals surface area contributed by atoms with E-state index < -0.39 is 0 Å². The summed E-state index contributed by atoms with van der Waals surface area (Å²) in [6.45, 7) is 2.05. The number of halogens is 3. The molecule has 2 aromatic carbocycles. The molecule has 0 nitrogen and oxygen atoms in total. The zero-order chi connectivity index (χ0) is 15.3. The first-order valence-electron chi connectivity index (χ1n) is 6.99. The standard InChI is InChI=1S/C18H19Br2F/c1-14-7-8-17(21)9-16(14)11-18(12-19,13-20)10-15-5-3-2-4-6-15/h2-9H,10-13H2,1H3. The van der Waals surface area contributed by atoms with Crippen LogP contribution in [0.4, 0.5) is 4.39 Å². The normalized spacial score (nSPS) is 11.6. The molecule has 0 aliphatic carbocycles. The van der Waals surface area contributed by atoms with E-state index in [0.717, 1.165) is 34.6 Å². The third-order valence-corrected chi connectivity index (χ3v) is 6.24. The second kappa shape index (κ2) is 7.55. The van der Waals surface area contributed by atoms with Crippen LogP contribution < -0.4 is 0 Å². The summed E-state index contributed by atoms with van der Waals surface area (Å²) >= 11 is 7.34. The monoisotopic (exact) mass is 412 g/mol. The Balaban J connectivity index is 2.27. The van der Waals surface area contributed by atoms with Gasteiger partial charge < -0.3 is 0 Å². The lowest BCUT2D eigenvalue weighted by Crippen LogP contribution is -2.30. The number of aryl methyl sites for hydroxylation is 1. The van der Waals surface area contributed by atoms with E-state index in [4.69, 9.17) is 0 Å². The molecular weight excluding hydrogens is 395 g/mol. The summed E-state index contributed by atoms with van der Waals surface area (Å²) in [4.78, 5) is 0. The van der Waals surface area contributed by atoms with Gasteiger partial charge in [-0.2, -0.15) is 0 Å². The van der Waals surface area contributed by atoms with Gasteiger partial charge in [0.15, 0.2) is 0 Å². The van der Waals surface area contributed by atoms with E-state index in [-0.39, 0.29) is 11.2 Å². The molecule has 0 bridgehead atoms. The quantitative estimate of drug-likeness (QED) is 0.533. The maximum Gasteiger partial charge on any atom is 0.123 e. The molecule has 21 heavy (non-hydrogen) atoms. The van der Waals surface area contributed by atoms with Gasteiger partial charge in [0, 0.05) is 10.7 Å². The molecule has 0 N–H and O–H groups in total. The molecule has 0 aromatic heterocycles. The molecule has 0 saturated heterocycles. The van der Waals surface area contributed by atoms with Gasteiger partial charge in [-0.05, 0) is 54.0 Å². The van der Waals surface area contributed by atoms with Crippen molar-refractivity contribution in [1.29, 1.82) is 0 Å². The van der Waals surface area contributed by atoms with Crippen molar-refractivity contribution in [1.82, 2.24) is 0 Å². The smallest absolute Gasteiger partial charge is 0.123 e. The van der Waals surface area contributed by atoms with E-state index >= 15 is 0 Å². The molecule has 3 heteroatoms. The van der Waals surface area contributed by atoms with Crippen LogP contribution in [0.5, 0.6) is 0 Å². The maximum absolute atomic E-state index is 13.5. The van der Waals surface area contributed by atoms with Gasteiger partial charge in [-0.3, -0.25) is 0 Å². The van der Waals surface area contributed by atoms with Crippen molar-refractivity contribution in [2.75, 3.05) is 10.7 Å². The van der Waals surface area contributed by atoms with Crippen molar-refractivity contribution in [2.24, 2.45) is 5.41 Å². The van der Waals surface area contributed by atoms with Gasteiger partial charge in [-0.25, -0.2) is 4.39 Å². The molecule has 112 valence electrons. The van der Waals surface area contributed by atoms with E-state index in [9.17, 15) is 4.39 Å². The van der Waals surface area contributed by atoms with E-state index in [1.807, 2.05) is 19.1 Å². The Morgan fingerprint density at radius 3 is 2.24 bits per heavy atom. The van der Waals surface area contributed by atoms with Crippen LogP contribution in [-0.2, 0) is 12.8 Å². The fourth-order valence-corrected chi connectivity index (χ4v) is 4.27. The second-order valence-electron chi connectivity index (χ2n) is 5.68. The van der Waals surface area contributed by atoms with Crippen LogP contribution >= 0.6 is 31.9 Å². The highest BCUT2D eigenvalue weighted by Crippen LogP contribution is 2.33. The third-order valence-electron chi connectivity index (χ3n) is 3.87. The van der Waals surface area contributed by atoms with Crippen LogP contribution in [0.3, 0.4) is 0 Å². The van der Waals surface area contributed by atoms with Crippen LogP contribution in [0.25, 0.3) is 0 Å². The molecule has 0 saturated carbocycles. The van der Waals surface area contributed by atoms with Gasteiger partial charge in [0.25, 0.3) is 0 Å². The van der Waals surface area contributed by atoms with E-state index in [1.165, 1.54) is 11.6 Å². The highest BCUT2D eigenvalue weighted by Gasteiger charge is 2.29. The Hall–Kier alpha value is -0.670. The fraction of sp³-hybridized carbons (Fsp3) is 0.333. The molecule has 0 amide bonds. The minimum absolute atomic E-state index is 0.0416. The molecule has 0 fully saturated rings. The molecule has 0 radical (unpaired) electrons. The summed E-state index contributed by atoms with van der Waals surface area (Å²) in [5.74, 6) is -0.159. The van der Waals surface area contributed by atoms with Crippen LogP contribution in [0.1, 0.15) is 16.7 Å². The molecule has 2 rings (SSSR count). The molecule has 0 heterocycles. The summed E-state index contributed by atoms with van der Waals surface area (Å²) in [5, 5.41) is 1.74. The third kappa shape index (κ3) is 4.40. The van der Waals surface area contributed by atoms with Crippen molar-refractivity contribution in [3.8, 4) is 0 Å². The van der Waals surface area contributed by atoms with Crippen LogP contribution in [-0.4, -0.2) is 10.7 Å². The largest absolute Gasteiger partial charge is 0.207 e. The van der Waals surface area contributed by atoms with Crippen molar-refractivity contribution in [2.45, 2.75) is 19.8 Å². The summed E-state index contributed by atoms with van der Waals surface area (Å²) in [6.07, 6.45) is 1.81. The van der Waals surface area contributed by atoms with Gasteiger partial charge in [0.1, 0.15) is 5.82 Å². The fourth-order valence-electron chi connectivity index (χ4n) is 2.55. The number of alkyl halides is 2. The summed E-state index contributed by atoms with van der Waals surface area (Å²) in [5.41, 5.74) is 3.59. The summed E-state index contributed by atoms with van der Waals surface area (Å²) in [6, 6.07) is 15.5. The Morgan fingerprint density at radius 2 is 1.62 bits per heavy atom. The van der Waals surface area contributed by atoms with Crippen LogP contribution in [0, 0.1) is 18.2 Å². The maximum atomic E-state index is 13.5. The Labute approximate surface area is 143 Å². The molecule has 2 aromatic rings. The zero-order valence-corrected chi connectivity index (χ0v) is 15.3. The van der Waals surface area contributed by atoms with Crippen molar-refractivity contribution in [3.63, 3.8) is 0 Å². The predicted octanol–water partition coefficient (Wildman–Crippen LogP) is 5.70. The molecule has 0 atom stereocenters. The van der Waals surface area contributed by atoms with Crippen LogP contribution in [0.2, 0.25) is 0 Å². The van der Waals surface area contributed by atoms with Crippen molar-refractivity contribution in [3.05, 3.63) is 71.0 Å². The number of hydrogen-bond acceptors (Lipinski definition) is 0. The molecular formula is C18H19Br2F. The highest BCUT2D eigenvalue weighted by molar-refractivity contribution is 9.09. The predicted molar refractivity (Wildman–Crippen MR) is 95.0 cm³/mol. The van der Waals surface area contributed by atoms with E-state index in [1.54, 1.807) is 6.07 Å². The topological polar surface area (TPSA) is 0 Å². The summed E-state index contributed by atoms with van der Waals surface area (Å²) < 4.78 is 13.5. The van der Waals surface area contributed by atoms with Crippen molar-refractivity contribution >= 4 is 31.9 Å². The Bertz CT molecular complexity index is 577. The number of hydrogen-bond donors (Lipinski definition) is 0. The first-order chi connectivity index (χ1) is 10.1. The van der Waals surface area contributed by atoms with E-state index in [2.05, 4.69) is 56.1 Å². The first-order valence-corrected chi connectivity index (χ1v) is 9.24. The van der Waals surface area contributed by atoms with Gasteiger partial charge >= 0.3 is 0 Å². The first kappa shape index (κ1) is 16.7. The lowest BCUT2D eigenvalue weighted by Gasteiger charge is -2.31. The minimum atomic E-state index is -0.159. The lowest BCUT2D eigenvalue weighted by molar-refractivity contribution is 0.384. The number of benzene rings is 2. The minimum Gasteiger partial charge on any atom is -0.207 e. The Morgan fingerprint density at radius 1 is 0.952 bits per heavy atom. The lowest BCUT2D eigenvalue weighted by atomic mass is 9.79. The molecule has 0 unspecified atom stereocenters. The second-order valence-corrected chi connectivity index (χ2v) is 6.80. The average Bonchev–Trinajstić information content (AvgIpc) is 2.51. The summed E-state index contributed by atoms with van der Waals surface area (Å²) in [7, 11) is 0. The average molecular weight is 414 g/mol.